The molecule has 0 bridgehead atoms. The number of carbonyl (C=O) groups is 1. The lowest BCUT2D eigenvalue weighted by atomic mass is 10.2. The Morgan fingerprint density at radius 3 is 2.35 bits per heavy atom. The zero-order valence-corrected chi connectivity index (χ0v) is 14.5. The molecule has 0 aliphatic heterocycles. The van der Waals surface area contributed by atoms with Crippen molar-refractivity contribution in [2.24, 2.45) is 5.73 Å². The lowest BCUT2D eigenvalue weighted by Gasteiger charge is -2.26. The first kappa shape index (κ1) is 19.4. The molecule has 0 aliphatic rings. The molecule has 0 heterocycles. The summed E-state index contributed by atoms with van der Waals surface area (Å²) in [5.41, 5.74) is 6.60. The molecule has 23 heavy (non-hydrogen) atoms. The van der Waals surface area contributed by atoms with Gasteiger partial charge in [0.2, 0.25) is 0 Å². The van der Waals surface area contributed by atoms with Crippen molar-refractivity contribution in [3.05, 3.63) is 35.9 Å². The van der Waals surface area contributed by atoms with E-state index in [9.17, 15) is 13.2 Å². The van der Waals surface area contributed by atoms with Crippen LogP contribution in [0, 0.1) is 0 Å². The summed E-state index contributed by atoms with van der Waals surface area (Å²) in [7, 11) is -3.59. The van der Waals surface area contributed by atoms with Crippen LogP contribution < -0.4 is 5.73 Å². The van der Waals surface area contributed by atoms with Gasteiger partial charge in [0.15, 0.2) is 0 Å². The summed E-state index contributed by atoms with van der Waals surface area (Å²) < 4.78 is 32.4. The number of hydrogen-bond acceptors (Lipinski definition) is 6. The summed E-state index contributed by atoms with van der Waals surface area (Å²) in [5.74, 6) is 0. The summed E-state index contributed by atoms with van der Waals surface area (Å²) in [6.07, 6.45) is -0.282. The second kappa shape index (κ2) is 8.85. The standard InChI is InChI=1S/C15H24N2O5S/c1-12(16)9-17(10-13(2)22-23(3,19)20)15(18)21-11-14-7-5-4-6-8-14/h4-8,12-13H,9-11,16H2,1-3H3. The van der Waals surface area contributed by atoms with Crippen molar-refractivity contribution in [3.8, 4) is 0 Å². The highest BCUT2D eigenvalue weighted by molar-refractivity contribution is 7.86. The molecule has 1 aromatic rings. The lowest BCUT2D eigenvalue weighted by molar-refractivity contribution is 0.0781. The first-order chi connectivity index (χ1) is 10.7. The fraction of sp³-hybridized carbons (Fsp3) is 0.533. The van der Waals surface area contributed by atoms with Crippen molar-refractivity contribution in [3.63, 3.8) is 0 Å². The predicted molar refractivity (Wildman–Crippen MR) is 87.2 cm³/mol. The van der Waals surface area contributed by atoms with E-state index in [0.29, 0.717) is 0 Å². The van der Waals surface area contributed by atoms with Crippen LogP contribution in [0.1, 0.15) is 19.4 Å². The van der Waals surface area contributed by atoms with Crippen molar-refractivity contribution >= 4 is 16.2 Å². The Morgan fingerprint density at radius 2 is 1.83 bits per heavy atom. The number of carbonyl (C=O) groups excluding carboxylic acids is 1. The summed E-state index contributed by atoms with van der Waals surface area (Å²) in [6, 6.07) is 9.00. The maximum atomic E-state index is 12.2. The number of hydrogen-bond donors (Lipinski definition) is 1. The highest BCUT2D eigenvalue weighted by atomic mass is 32.2. The number of rotatable bonds is 8. The minimum absolute atomic E-state index is 0.0717. The molecule has 0 fully saturated rings. The van der Waals surface area contributed by atoms with E-state index in [1.54, 1.807) is 13.8 Å². The second-order valence-electron chi connectivity index (χ2n) is 5.53. The molecule has 1 rings (SSSR count). The summed E-state index contributed by atoms with van der Waals surface area (Å²) in [5, 5.41) is 0. The fourth-order valence-electron chi connectivity index (χ4n) is 2.02. The molecule has 130 valence electrons. The Morgan fingerprint density at radius 1 is 1.22 bits per heavy atom. The van der Waals surface area contributed by atoms with Crippen molar-refractivity contribution in [1.82, 2.24) is 4.90 Å². The number of ether oxygens (including phenoxy) is 1. The van der Waals surface area contributed by atoms with Gasteiger partial charge in [-0.2, -0.15) is 8.42 Å². The zero-order chi connectivity index (χ0) is 17.5. The Balaban J connectivity index is 2.63. The predicted octanol–water partition coefficient (Wildman–Crippen LogP) is 1.34. The van der Waals surface area contributed by atoms with E-state index in [-0.39, 0.29) is 25.7 Å². The van der Waals surface area contributed by atoms with Crippen LogP contribution >= 0.6 is 0 Å². The molecule has 0 aromatic heterocycles. The van der Waals surface area contributed by atoms with E-state index in [1.165, 1.54) is 4.90 Å². The van der Waals surface area contributed by atoms with E-state index in [4.69, 9.17) is 14.7 Å². The molecule has 1 amide bonds. The monoisotopic (exact) mass is 344 g/mol. The van der Waals surface area contributed by atoms with E-state index in [2.05, 4.69) is 0 Å². The molecule has 2 N–H and O–H groups in total. The van der Waals surface area contributed by atoms with Crippen LogP contribution in [0.3, 0.4) is 0 Å². The topological polar surface area (TPSA) is 98.9 Å². The zero-order valence-electron chi connectivity index (χ0n) is 13.6. The number of benzene rings is 1. The first-order valence-corrected chi connectivity index (χ1v) is 9.08. The second-order valence-corrected chi connectivity index (χ2v) is 7.13. The van der Waals surface area contributed by atoms with Gasteiger partial charge in [0.05, 0.1) is 18.9 Å². The first-order valence-electron chi connectivity index (χ1n) is 7.27. The van der Waals surface area contributed by atoms with Crippen LogP contribution in [-0.4, -0.2) is 50.9 Å². The van der Waals surface area contributed by atoms with Crippen molar-refractivity contribution in [2.75, 3.05) is 19.3 Å². The van der Waals surface area contributed by atoms with Gasteiger partial charge in [-0.3, -0.25) is 4.18 Å². The molecule has 2 atom stereocenters. The smallest absolute Gasteiger partial charge is 0.410 e. The van der Waals surface area contributed by atoms with Crippen LogP contribution in [0.15, 0.2) is 30.3 Å². The quantitative estimate of drug-likeness (QED) is 0.715. The SMILES string of the molecule is CC(N)CN(CC(C)OS(C)(=O)=O)C(=O)OCc1ccccc1. The number of amides is 1. The van der Waals surface area contributed by atoms with Gasteiger partial charge in [0.25, 0.3) is 10.1 Å². The average molecular weight is 344 g/mol. The van der Waals surface area contributed by atoms with Gasteiger partial charge < -0.3 is 15.4 Å². The molecule has 0 aliphatic carbocycles. The third-order valence-electron chi connectivity index (χ3n) is 2.79. The molecule has 2 unspecified atom stereocenters. The van der Waals surface area contributed by atoms with Crippen LogP contribution in [0.5, 0.6) is 0 Å². The molecular weight excluding hydrogens is 320 g/mol. The summed E-state index contributed by atoms with van der Waals surface area (Å²) in [4.78, 5) is 13.5. The van der Waals surface area contributed by atoms with Gasteiger partial charge in [-0.05, 0) is 19.4 Å². The van der Waals surface area contributed by atoms with Crippen LogP contribution in [0.2, 0.25) is 0 Å². The van der Waals surface area contributed by atoms with E-state index in [0.717, 1.165) is 11.8 Å². The van der Waals surface area contributed by atoms with Gasteiger partial charge in [-0.25, -0.2) is 4.79 Å². The molecule has 0 saturated carbocycles. The number of nitrogens with two attached hydrogens (primary N) is 1. The lowest BCUT2D eigenvalue weighted by Crippen LogP contribution is -2.44. The van der Waals surface area contributed by atoms with Gasteiger partial charge in [0, 0.05) is 12.6 Å². The Kier molecular flexibility index (Phi) is 7.47. The fourth-order valence-corrected chi connectivity index (χ4v) is 2.68. The third-order valence-corrected chi connectivity index (χ3v) is 3.47. The van der Waals surface area contributed by atoms with Gasteiger partial charge in [0.1, 0.15) is 6.61 Å². The minimum Gasteiger partial charge on any atom is -0.445 e. The third kappa shape index (κ3) is 8.53. The van der Waals surface area contributed by atoms with Crippen LogP contribution in [0.4, 0.5) is 4.79 Å². The normalized spacial score (nSPS) is 14.1. The molecule has 7 nitrogen and oxygen atoms in total. The highest BCUT2D eigenvalue weighted by Gasteiger charge is 2.21. The van der Waals surface area contributed by atoms with Crippen molar-refractivity contribution in [2.45, 2.75) is 32.6 Å². The Hall–Kier alpha value is -1.64. The Bertz CT molecular complexity index is 589. The molecule has 0 saturated heterocycles. The molecule has 0 radical (unpaired) electrons. The van der Waals surface area contributed by atoms with E-state index >= 15 is 0 Å². The van der Waals surface area contributed by atoms with Gasteiger partial charge >= 0.3 is 6.09 Å². The molecule has 1 aromatic carbocycles. The average Bonchev–Trinajstić information content (AvgIpc) is 2.42. The maximum absolute atomic E-state index is 12.2. The van der Waals surface area contributed by atoms with Crippen molar-refractivity contribution in [1.29, 1.82) is 0 Å². The van der Waals surface area contributed by atoms with E-state index in [1.807, 2.05) is 30.3 Å². The summed E-state index contributed by atoms with van der Waals surface area (Å²) >= 11 is 0. The van der Waals surface area contributed by atoms with Crippen molar-refractivity contribution < 1.29 is 22.1 Å². The largest absolute Gasteiger partial charge is 0.445 e. The maximum Gasteiger partial charge on any atom is 0.410 e. The Labute approximate surface area is 137 Å². The molecule has 0 spiro atoms. The molecular formula is C15H24N2O5S. The van der Waals surface area contributed by atoms with E-state index < -0.39 is 22.3 Å². The van der Waals surface area contributed by atoms with Crippen LogP contribution in [0.25, 0.3) is 0 Å². The van der Waals surface area contributed by atoms with Gasteiger partial charge in [-0.15, -0.1) is 0 Å². The summed E-state index contributed by atoms with van der Waals surface area (Å²) in [6.45, 7) is 3.77. The minimum atomic E-state index is -3.59. The van der Waals surface area contributed by atoms with Gasteiger partial charge in [-0.1, -0.05) is 30.3 Å². The molecule has 8 heteroatoms. The van der Waals surface area contributed by atoms with Crippen LogP contribution in [-0.2, 0) is 25.6 Å². The highest BCUT2D eigenvalue weighted by Crippen LogP contribution is 2.07. The number of nitrogens with zero attached hydrogens (tertiary/aromatic N) is 1.